The molecule has 0 spiro atoms. The van der Waals surface area contributed by atoms with Crippen LogP contribution in [0.2, 0.25) is 0 Å². The highest BCUT2D eigenvalue weighted by Crippen LogP contribution is 2.32. The Bertz CT molecular complexity index is 1240. The molecular weight excluding hydrogens is 452 g/mol. The van der Waals surface area contributed by atoms with Gasteiger partial charge in [0.2, 0.25) is 5.95 Å². The van der Waals surface area contributed by atoms with Crippen molar-refractivity contribution >= 4 is 46.5 Å². The van der Waals surface area contributed by atoms with E-state index in [9.17, 15) is 9.59 Å². The topological polar surface area (TPSA) is 92.2 Å². The van der Waals surface area contributed by atoms with Crippen molar-refractivity contribution in [3.05, 3.63) is 51.9 Å². The van der Waals surface area contributed by atoms with Crippen LogP contribution >= 0.6 is 12.4 Å². The minimum atomic E-state index is -0.232. The molecule has 0 amide bonds. The molecule has 0 unspecified atom stereocenters. The summed E-state index contributed by atoms with van der Waals surface area (Å²) in [5.74, 6) is 0.233. The number of fused-ring (bicyclic) bond motifs is 1. The summed E-state index contributed by atoms with van der Waals surface area (Å²) < 4.78 is 1.74. The molecule has 1 aliphatic carbocycles. The fourth-order valence-electron chi connectivity index (χ4n) is 5.12. The Morgan fingerprint density at radius 2 is 1.79 bits per heavy atom. The van der Waals surface area contributed by atoms with E-state index in [-0.39, 0.29) is 35.4 Å². The summed E-state index contributed by atoms with van der Waals surface area (Å²) in [6.07, 6.45) is 5.74. The van der Waals surface area contributed by atoms with Gasteiger partial charge in [0.25, 0.3) is 5.56 Å². The number of piperazine rings is 1. The van der Waals surface area contributed by atoms with E-state index < -0.39 is 0 Å². The lowest BCUT2D eigenvalue weighted by Crippen LogP contribution is -2.43. The summed E-state index contributed by atoms with van der Waals surface area (Å²) in [7, 11) is 0. The van der Waals surface area contributed by atoms with Gasteiger partial charge in [-0.25, -0.2) is 4.98 Å². The van der Waals surface area contributed by atoms with E-state index in [1.54, 1.807) is 10.8 Å². The Labute approximate surface area is 205 Å². The van der Waals surface area contributed by atoms with Crippen molar-refractivity contribution in [2.75, 3.05) is 36.4 Å². The minimum Gasteiger partial charge on any atom is -0.369 e. The standard InChI is InChI=1S/C25H30N6O2.ClH/c1-16-21-15-27-25(28-18-7-9-19(10-8-18)30-13-11-26-12-14-30)29-23(21)31(20-5-3-4-6-20)24(33)22(16)17(2)32;/h7-10,15,20,26H,3-6,11-14H2,1-2H3,(H,27,28,29);1H. The molecule has 2 aromatic heterocycles. The third-order valence-electron chi connectivity index (χ3n) is 6.86. The number of nitrogens with zero attached hydrogens (tertiary/aromatic N) is 4. The monoisotopic (exact) mass is 482 g/mol. The van der Waals surface area contributed by atoms with Gasteiger partial charge < -0.3 is 15.5 Å². The lowest BCUT2D eigenvalue weighted by Gasteiger charge is -2.29. The van der Waals surface area contributed by atoms with Crippen molar-refractivity contribution in [2.45, 2.75) is 45.6 Å². The lowest BCUT2D eigenvalue weighted by atomic mass is 10.0. The van der Waals surface area contributed by atoms with Crippen LogP contribution in [0.15, 0.2) is 35.3 Å². The SMILES string of the molecule is CC(=O)c1c(C)c2cnc(Nc3ccc(N4CCNCC4)cc3)nc2n(C2CCCC2)c1=O.Cl. The Morgan fingerprint density at radius 1 is 1.12 bits per heavy atom. The molecule has 1 aliphatic heterocycles. The Hall–Kier alpha value is -2.97. The number of aromatic nitrogens is 3. The van der Waals surface area contributed by atoms with Gasteiger partial charge in [0.1, 0.15) is 5.65 Å². The van der Waals surface area contributed by atoms with Crippen LogP contribution in [0, 0.1) is 6.92 Å². The maximum atomic E-state index is 13.3. The van der Waals surface area contributed by atoms with Crippen LogP contribution in [0.3, 0.4) is 0 Å². The van der Waals surface area contributed by atoms with Crippen molar-refractivity contribution in [1.82, 2.24) is 19.9 Å². The van der Waals surface area contributed by atoms with Crippen molar-refractivity contribution in [3.8, 4) is 0 Å². The summed E-state index contributed by atoms with van der Waals surface area (Å²) in [6, 6.07) is 8.33. The second-order valence-electron chi connectivity index (χ2n) is 9.01. The normalized spacial score (nSPS) is 16.5. The first kappa shape index (κ1) is 24.2. The van der Waals surface area contributed by atoms with Crippen LogP contribution in [0.1, 0.15) is 54.6 Å². The molecule has 2 aliphatic rings. The summed E-state index contributed by atoms with van der Waals surface area (Å²) in [5, 5.41) is 7.41. The number of ketones is 1. The minimum absolute atomic E-state index is 0. The van der Waals surface area contributed by atoms with Crippen LogP contribution in [0.25, 0.3) is 11.0 Å². The van der Waals surface area contributed by atoms with Crippen molar-refractivity contribution < 1.29 is 4.79 Å². The van der Waals surface area contributed by atoms with Crippen molar-refractivity contribution in [3.63, 3.8) is 0 Å². The van der Waals surface area contributed by atoms with Gasteiger partial charge in [-0.15, -0.1) is 12.4 Å². The van der Waals surface area contributed by atoms with Crippen LogP contribution in [0.4, 0.5) is 17.3 Å². The van der Waals surface area contributed by atoms with E-state index in [4.69, 9.17) is 4.98 Å². The molecule has 5 rings (SSSR count). The molecule has 0 bridgehead atoms. The highest BCUT2D eigenvalue weighted by molar-refractivity contribution is 5.99. The zero-order valence-electron chi connectivity index (χ0n) is 19.6. The Kier molecular flexibility index (Phi) is 7.19. The van der Waals surface area contributed by atoms with E-state index in [0.29, 0.717) is 17.2 Å². The first-order valence-electron chi connectivity index (χ1n) is 11.8. The first-order valence-corrected chi connectivity index (χ1v) is 11.8. The number of Topliss-reactive ketones (excluding diaryl/α,β-unsaturated/α-hetero) is 1. The number of aryl methyl sites for hydroxylation is 1. The fourth-order valence-corrected chi connectivity index (χ4v) is 5.12. The average molecular weight is 483 g/mol. The van der Waals surface area contributed by atoms with E-state index in [0.717, 1.165) is 62.9 Å². The number of benzene rings is 1. The van der Waals surface area contributed by atoms with E-state index in [2.05, 4.69) is 32.7 Å². The van der Waals surface area contributed by atoms with Gasteiger partial charge in [-0.05, 0) is 56.5 Å². The van der Waals surface area contributed by atoms with E-state index >= 15 is 0 Å². The first-order chi connectivity index (χ1) is 16.0. The third-order valence-corrected chi connectivity index (χ3v) is 6.86. The van der Waals surface area contributed by atoms with Gasteiger partial charge >= 0.3 is 0 Å². The highest BCUT2D eigenvalue weighted by Gasteiger charge is 2.25. The third kappa shape index (κ3) is 4.52. The molecule has 34 heavy (non-hydrogen) atoms. The van der Waals surface area contributed by atoms with Gasteiger partial charge in [0.15, 0.2) is 5.78 Å². The fraction of sp³-hybridized carbons (Fsp3) is 0.440. The molecule has 9 heteroatoms. The zero-order valence-corrected chi connectivity index (χ0v) is 20.5. The molecule has 1 saturated heterocycles. The number of hydrogen-bond donors (Lipinski definition) is 2. The highest BCUT2D eigenvalue weighted by atomic mass is 35.5. The van der Waals surface area contributed by atoms with E-state index in [1.807, 2.05) is 19.1 Å². The van der Waals surface area contributed by atoms with Gasteiger partial charge in [-0.2, -0.15) is 4.98 Å². The summed E-state index contributed by atoms with van der Waals surface area (Å²) in [4.78, 5) is 37.2. The molecule has 1 saturated carbocycles. The van der Waals surface area contributed by atoms with Crippen LogP contribution in [-0.2, 0) is 0 Å². The molecule has 2 N–H and O–H groups in total. The van der Waals surface area contributed by atoms with Crippen LogP contribution in [-0.4, -0.2) is 46.5 Å². The summed E-state index contributed by atoms with van der Waals surface area (Å²) >= 11 is 0. The number of carbonyl (C=O) groups excluding carboxylic acids is 1. The number of hydrogen-bond acceptors (Lipinski definition) is 7. The largest absolute Gasteiger partial charge is 0.369 e. The maximum Gasteiger partial charge on any atom is 0.263 e. The lowest BCUT2D eigenvalue weighted by molar-refractivity contribution is 0.101. The molecule has 3 aromatic rings. The number of halogens is 1. The summed E-state index contributed by atoms with van der Waals surface area (Å²) in [5.41, 5.74) is 3.36. The quantitative estimate of drug-likeness (QED) is 0.531. The van der Waals surface area contributed by atoms with Crippen molar-refractivity contribution in [1.29, 1.82) is 0 Å². The molecular formula is C25H31ClN6O2. The zero-order chi connectivity index (χ0) is 22.9. The van der Waals surface area contributed by atoms with Gasteiger partial charge in [0, 0.05) is 55.2 Å². The Morgan fingerprint density at radius 3 is 2.44 bits per heavy atom. The predicted octanol–water partition coefficient (Wildman–Crippen LogP) is 3.99. The number of anilines is 3. The maximum absolute atomic E-state index is 13.3. The molecule has 8 nitrogen and oxygen atoms in total. The summed E-state index contributed by atoms with van der Waals surface area (Å²) in [6.45, 7) is 7.26. The number of pyridine rings is 1. The molecule has 180 valence electrons. The van der Waals surface area contributed by atoms with Crippen LogP contribution in [0.5, 0.6) is 0 Å². The average Bonchev–Trinajstić information content (AvgIpc) is 3.34. The number of rotatable bonds is 5. The number of carbonyl (C=O) groups is 1. The second-order valence-corrected chi connectivity index (χ2v) is 9.01. The smallest absolute Gasteiger partial charge is 0.263 e. The molecule has 0 atom stereocenters. The van der Waals surface area contributed by atoms with Crippen LogP contribution < -0.4 is 21.1 Å². The Balaban J connectivity index is 0.00000274. The van der Waals surface area contributed by atoms with Crippen molar-refractivity contribution in [2.24, 2.45) is 0 Å². The molecule has 3 heterocycles. The molecule has 1 aromatic carbocycles. The molecule has 2 fully saturated rings. The number of nitrogens with one attached hydrogen (secondary N) is 2. The van der Waals surface area contributed by atoms with E-state index in [1.165, 1.54) is 12.6 Å². The van der Waals surface area contributed by atoms with Gasteiger partial charge in [0.05, 0.1) is 5.56 Å². The van der Waals surface area contributed by atoms with Gasteiger partial charge in [-0.1, -0.05) is 12.8 Å². The molecule has 0 radical (unpaired) electrons. The second kappa shape index (κ2) is 10.1. The van der Waals surface area contributed by atoms with Gasteiger partial charge in [-0.3, -0.25) is 14.2 Å². The predicted molar refractivity (Wildman–Crippen MR) is 138 cm³/mol.